The molecule has 3 N–H and O–H groups in total. The third kappa shape index (κ3) is 7.57. The van der Waals surface area contributed by atoms with Crippen molar-refractivity contribution >= 4 is 17.9 Å². The van der Waals surface area contributed by atoms with Gasteiger partial charge in [0.15, 0.2) is 0 Å². The number of aliphatic hydroxyl groups is 1. The maximum atomic E-state index is 13.7. The molecule has 3 amide bonds. The van der Waals surface area contributed by atoms with E-state index in [4.69, 9.17) is 4.74 Å². The van der Waals surface area contributed by atoms with Gasteiger partial charge in [-0.2, -0.15) is 5.26 Å². The normalized spacial score (nSPS) is 18.8. The second-order valence-electron chi connectivity index (χ2n) is 12.2. The molecule has 1 aliphatic heterocycles. The van der Waals surface area contributed by atoms with Gasteiger partial charge in [-0.1, -0.05) is 45.0 Å². The minimum Gasteiger partial charge on any atom is -0.444 e. The molecule has 2 heterocycles. The fourth-order valence-corrected chi connectivity index (χ4v) is 4.63. The first-order chi connectivity index (χ1) is 18.6. The molecule has 0 bridgehead atoms. The van der Waals surface area contributed by atoms with E-state index in [0.29, 0.717) is 5.56 Å². The molecule has 0 spiro atoms. The summed E-state index contributed by atoms with van der Waals surface area (Å²) in [4.78, 5) is 44.9. The number of nitrogens with one attached hydrogen (secondary N) is 2. The predicted molar refractivity (Wildman–Crippen MR) is 150 cm³/mol. The van der Waals surface area contributed by atoms with Gasteiger partial charge in [-0.3, -0.25) is 14.6 Å². The Hall–Kier alpha value is -3.97. The number of benzene rings is 1. The van der Waals surface area contributed by atoms with Gasteiger partial charge in [0.2, 0.25) is 11.8 Å². The molecule has 0 aliphatic carbocycles. The number of carbonyl (C=O) groups is 3. The summed E-state index contributed by atoms with van der Waals surface area (Å²) in [6.07, 6.45) is 1.63. The van der Waals surface area contributed by atoms with E-state index in [1.54, 1.807) is 33.0 Å². The minimum absolute atomic E-state index is 0.0181. The molecule has 0 radical (unpaired) electrons. The van der Waals surface area contributed by atoms with Crippen LogP contribution in [0.3, 0.4) is 0 Å². The lowest BCUT2D eigenvalue weighted by Gasteiger charge is -2.35. The van der Waals surface area contributed by atoms with Gasteiger partial charge in [0.1, 0.15) is 23.8 Å². The summed E-state index contributed by atoms with van der Waals surface area (Å²) in [5.41, 5.74) is 1.49. The quantitative estimate of drug-likeness (QED) is 0.498. The Balaban J connectivity index is 1.74. The van der Waals surface area contributed by atoms with Gasteiger partial charge in [-0.25, -0.2) is 4.79 Å². The summed E-state index contributed by atoms with van der Waals surface area (Å²) in [5.74, 6) is -0.856. The molecule has 1 fully saturated rings. The van der Waals surface area contributed by atoms with Crippen LogP contribution in [0.2, 0.25) is 0 Å². The number of aliphatic hydroxyl groups excluding tert-OH is 1. The largest absolute Gasteiger partial charge is 0.444 e. The molecule has 4 atom stereocenters. The van der Waals surface area contributed by atoms with Crippen LogP contribution in [-0.2, 0) is 14.3 Å². The second kappa shape index (κ2) is 12.0. The lowest BCUT2D eigenvalue weighted by molar-refractivity contribution is -0.142. The van der Waals surface area contributed by atoms with E-state index in [2.05, 4.69) is 21.7 Å². The summed E-state index contributed by atoms with van der Waals surface area (Å²) in [6, 6.07) is 9.15. The molecule has 2 aromatic rings. The Morgan fingerprint density at radius 1 is 1.10 bits per heavy atom. The van der Waals surface area contributed by atoms with Crippen LogP contribution in [0.5, 0.6) is 0 Å². The maximum Gasteiger partial charge on any atom is 0.408 e. The minimum atomic E-state index is -0.973. The van der Waals surface area contributed by atoms with Gasteiger partial charge in [0.05, 0.1) is 17.7 Å². The molecule has 214 valence electrons. The number of alkyl carbamates (subject to hydrolysis) is 1. The van der Waals surface area contributed by atoms with Crippen molar-refractivity contribution in [3.05, 3.63) is 53.9 Å². The Labute approximate surface area is 235 Å². The van der Waals surface area contributed by atoms with Crippen LogP contribution in [0.25, 0.3) is 11.1 Å². The highest BCUT2D eigenvalue weighted by molar-refractivity contribution is 5.92. The number of β-amino-alcohol motifs (C(OH)–C–C–N with tert-alkyl or cyclic N) is 1. The monoisotopic (exact) mass is 549 g/mol. The number of carbonyl (C=O) groups excluding carboxylic acids is 3. The van der Waals surface area contributed by atoms with Crippen molar-refractivity contribution in [1.29, 1.82) is 5.26 Å². The molecule has 0 saturated carbocycles. The van der Waals surface area contributed by atoms with E-state index in [9.17, 15) is 24.8 Å². The second-order valence-corrected chi connectivity index (χ2v) is 12.2. The average Bonchev–Trinajstić information content (AvgIpc) is 3.27. The first-order valence-electron chi connectivity index (χ1n) is 13.3. The first-order valence-corrected chi connectivity index (χ1v) is 13.3. The summed E-state index contributed by atoms with van der Waals surface area (Å²) in [7, 11) is 0. The standard InChI is InChI=1S/C30H39N5O5/c1-18(19-8-10-20(11-9-19)23-12-13-32-16-21(23)15-31)33-26(37)24-14-22(36)17-35(24)27(38)25(29(2,3)4)34-28(39)40-30(5,6)7/h8-13,16,18,22,24-25,36H,14,17H2,1-7H3,(H,33,37)(H,34,39)/t18-,22+,24-,25+/m0/s1. The summed E-state index contributed by atoms with van der Waals surface area (Å²) in [5, 5.41) is 25.4. The number of ether oxygens (including phenoxy) is 1. The van der Waals surface area contributed by atoms with Gasteiger partial charge in [-0.05, 0) is 50.3 Å². The van der Waals surface area contributed by atoms with E-state index >= 15 is 0 Å². The number of nitriles is 1. The fourth-order valence-electron chi connectivity index (χ4n) is 4.63. The van der Waals surface area contributed by atoms with Crippen molar-refractivity contribution in [3.8, 4) is 17.2 Å². The lowest BCUT2D eigenvalue weighted by atomic mass is 9.85. The number of hydrogen-bond donors (Lipinski definition) is 3. The molecule has 40 heavy (non-hydrogen) atoms. The molecule has 1 aromatic carbocycles. The van der Waals surface area contributed by atoms with E-state index in [0.717, 1.165) is 16.7 Å². The molecule has 10 nitrogen and oxygen atoms in total. The zero-order chi connectivity index (χ0) is 29.8. The molecule has 0 unspecified atom stereocenters. The van der Waals surface area contributed by atoms with Crippen molar-refractivity contribution < 1.29 is 24.2 Å². The van der Waals surface area contributed by atoms with Crippen LogP contribution in [0.15, 0.2) is 42.7 Å². The Kier molecular flexibility index (Phi) is 9.21. The highest BCUT2D eigenvalue weighted by Gasteiger charge is 2.45. The van der Waals surface area contributed by atoms with E-state index in [1.807, 2.05) is 52.0 Å². The topological polar surface area (TPSA) is 145 Å². The highest BCUT2D eigenvalue weighted by Crippen LogP contribution is 2.28. The maximum absolute atomic E-state index is 13.7. The average molecular weight is 550 g/mol. The molecule has 10 heteroatoms. The molecule has 1 aliphatic rings. The Bertz CT molecular complexity index is 1270. The smallest absolute Gasteiger partial charge is 0.408 e. The van der Waals surface area contributed by atoms with E-state index in [-0.39, 0.29) is 19.0 Å². The van der Waals surface area contributed by atoms with E-state index < -0.39 is 47.1 Å². The van der Waals surface area contributed by atoms with Gasteiger partial charge in [0, 0.05) is 30.9 Å². The van der Waals surface area contributed by atoms with Crippen LogP contribution in [0, 0.1) is 16.7 Å². The van der Waals surface area contributed by atoms with Crippen molar-refractivity contribution in [2.24, 2.45) is 5.41 Å². The third-order valence-electron chi connectivity index (χ3n) is 6.66. The van der Waals surface area contributed by atoms with Crippen LogP contribution in [0.1, 0.15) is 72.1 Å². The molecule has 3 rings (SSSR count). The van der Waals surface area contributed by atoms with Crippen LogP contribution in [0.4, 0.5) is 4.79 Å². The van der Waals surface area contributed by atoms with Gasteiger partial charge >= 0.3 is 6.09 Å². The number of amides is 3. The number of nitrogens with zero attached hydrogens (tertiary/aromatic N) is 3. The lowest BCUT2D eigenvalue weighted by Crippen LogP contribution is -2.58. The van der Waals surface area contributed by atoms with Gasteiger partial charge in [-0.15, -0.1) is 0 Å². The zero-order valence-electron chi connectivity index (χ0n) is 24.2. The van der Waals surface area contributed by atoms with Crippen LogP contribution in [-0.4, -0.2) is 63.2 Å². The van der Waals surface area contributed by atoms with Crippen molar-refractivity contribution in [3.63, 3.8) is 0 Å². The number of likely N-dealkylation sites (tertiary alicyclic amines) is 1. The Morgan fingerprint density at radius 2 is 1.75 bits per heavy atom. The summed E-state index contributed by atoms with van der Waals surface area (Å²) >= 11 is 0. The number of pyridine rings is 1. The predicted octanol–water partition coefficient (Wildman–Crippen LogP) is 3.70. The highest BCUT2D eigenvalue weighted by atomic mass is 16.6. The zero-order valence-corrected chi connectivity index (χ0v) is 24.2. The fraction of sp³-hybridized carbons (Fsp3) is 0.500. The first kappa shape index (κ1) is 30.6. The van der Waals surface area contributed by atoms with Crippen molar-refractivity contribution in [2.45, 2.75) is 84.7 Å². The molecule has 1 saturated heterocycles. The summed E-state index contributed by atoms with van der Waals surface area (Å²) in [6.45, 7) is 12.4. The number of hydrogen-bond acceptors (Lipinski definition) is 7. The van der Waals surface area contributed by atoms with Crippen LogP contribution < -0.4 is 10.6 Å². The van der Waals surface area contributed by atoms with Crippen LogP contribution >= 0.6 is 0 Å². The van der Waals surface area contributed by atoms with Crippen molar-refractivity contribution in [2.75, 3.05) is 6.54 Å². The number of rotatable bonds is 6. The Morgan fingerprint density at radius 3 is 2.33 bits per heavy atom. The van der Waals surface area contributed by atoms with Gasteiger partial charge < -0.3 is 25.4 Å². The van der Waals surface area contributed by atoms with Gasteiger partial charge in [0.25, 0.3) is 0 Å². The molecule has 1 aromatic heterocycles. The van der Waals surface area contributed by atoms with E-state index in [1.165, 1.54) is 11.1 Å². The number of aromatic nitrogens is 1. The third-order valence-corrected chi connectivity index (χ3v) is 6.66. The molecular formula is C30H39N5O5. The van der Waals surface area contributed by atoms with Crippen molar-refractivity contribution in [1.82, 2.24) is 20.5 Å². The SMILES string of the molecule is C[C@H](NC(=O)[C@@H]1C[C@@H](O)CN1C(=O)[C@@H](NC(=O)OC(C)(C)C)C(C)(C)C)c1ccc(-c2ccncc2C#N)cc1. The summed E-state index contributed by atoms with van der Waals surface area (Å²) < 4.78 is 5.35. The molecular weight excluding hydrogens is 510 g/mol.